The number of carbonyl (C=O) groups is 2. The van der Waals surface area contributed by atoms with E-state index >= 15 is 0 Å². The predicted molar refractivity (Wildman–Crippen MR) is 55.2 cm³/mol. The van der Waals surface area contributed by atoms with E-state index in [2.05, 4.69) is 20.9 Å². The first-order valence-corrected chi connectivity index (χ1v) is 5.03. The van der Waals surface area contributed by atoms with E-state index in [-0.39, 0.29) is 13.2 Å². The average molecular weight is 271 g/mol. The zero-order valence-electron chi connectivity index (χ0n) is 7.64. The minimum Gasteiger partial charge on any atom is -0.362 e. The van der Waals surface area contributed by atoms with Crippen LogP contribution in [0.15, 0.2) is 22.8 Å². The number of halogens is 1. The van der Waals surface area contributed by atoms with Crippen LogP contribution in [0, 0.1) is 0 Å². The Morgan fingerprint density at radius 1 is 1.33 bits per heavy atom. The number of nitrogens with zero attached hydrogens (tertiary/aromatic N) is 2. The van der Waals surface area contributed by atoms with E-state index in [9.17, 15) is 9.59 Å². The van der Waals surface area contributed by atoms with E-state index in [1.165, 1.54) is 6.20 Å². The second-order valence-electron chi connectivity index (χ2n) is 2.92. The van der Waals surface area contributed by atoms with Gasteiger partial charge in [-0.15, -0.1) is 0 Å². The van der Waals surface area contributed by atoms with Gasteiger partial charge in [0.05, 0.1) is 4.47 Å². The highest BCUT2D eigenvalue weighted by Gasteiger charge is 2.30. The first-order chi connectivity index (χ1) is 7.20. The topological polar surface area (TPSA) is 59.5 Å². The van der Waals surface area contributed by atoms with Crippen molar-refractivity contribution < 1.29 is 14.3 Å². The molecule has 2 heterocycles. The smallest absolute Gasteiger partial charge is 0.261 e. The number of ether oxygens (including phenoxy) is 1. The molecule has 1 aromatic heterocycles. The lowest BCUT2D eigenvalue weighted by Gasteiger charge is -2.24. The molecule has 0 bridgehead atoms. The molecule has 15 heavy (non-hydrogen) atoms. The zero-order chi connectivity index (χ0) is 10.8. The summed E-state index contributed by atoms with van der Waals surface area (Å²) in [7, 11) is 0. The number of amides is 2. The van der Waals surface area contributed by atoms with Gasteiger partial charge in [0.2, 0.25) is 0 Å². The van der Waals surface area contributed by atoms with Crippen LogP contribution in [0.2, 0.25) is 0 Å². The van der Waals surface area contributed by atoms with Crippen molar-refractivity contribution in [3.05, 3.63) is 22.8 Å². The van der Waals surface area contributed by atoms with Crippen LogP contribution in [-0.4, -0.2) is 30.0 Å². The molecule has 78 valence electrons. The number of carbonyl (C=O) groups excluding carboxylic acids is 2. The number of rotatable bonds is 1. The van der Waals surface area contributed by atoms with Gasteiger partial charge < -0.3 is 4.74 Å². The Morgan fingerprint density at radius 2 is 2.00 bits per heavy atom. The molecular weight excluding hydrogens is 264 g/mol. The van der Waals surface area contributed by atoms with E-state index in [4.69, 9.17) is 4.74 Å². The average Bonchev–Trinajstić information content (AvgIpc) is 2.20. The van der Waals surface area contributed by atoms with Gasteiger partial charge in [-0.2, -0.15) is 0 Å². The number of morpholine rings is 1. The largest absolute Gasteiger partial charge is 0.362 e. The fourth-order valence-electron chi connectivity index (χ4n) is 1.27. The molecule has 1 aliphatic heterocycles. The lowest BCUT2D eigenvalue weighted by atomic mass is 10.3. The molecule has 1 aromatic rings. The molecular formula is C9H7BrN2O3. The van der Waals surface area contributed by atoms with Gasteiger partial charge >= 0.3 is 0 Å². The number of aromatic nitrogens is 1. The molecule has 0 spiro atoms. The Hall–Kier alpha value is -1.27. The monoisotopic (exact) mass is 270 g/mol. The molecule has 0 unspecified atom stereocenters. The van der Waals surface area contributed by atoms with Crippen molar-refractivity contribution in [1.82, 2.24) is 4.98 Å². The Morgan fingerprint density at radius 3 is 2.60 bits per heavy atom. The normalized spacial score (nSPS) is 17.0. The van der Waals surface area contributed by atoms with E-state index in [0.29, 0.717) is 10.3 Å². The predicted octanol–water partition coefficient (Wildman–Crippen LogP) is 0.734. The zero-order valence-corrected chi connectivity index (χ0v) is 9.23. The summed E-state index contributed by atoms with van der Waals surface area (Å²) in [5.74, 6) is -0.480. The van der Waals surface area contributed by atoms with E-state index in [1.54, 1.807) is 12.1 Å². The van der Waals surface area contributed by atoms with Gasteiger partial charge in [0, 0.05) is 6.20 Å². The maximum absolute atomic E-state index is 11.5. The van der Waals surface area contributed by atoms with Crippen LogP contribution in [-0.2, 0) is 14.3 Å². The lowest BCUT2D eigenvalue weighted by Crippen LogP contribution is -2.46. The third kappa shape index (κ3) is 1.91. The molecule has 2 rings (SSSR count). The second kappa shape index (κ2) is 4.08. The van der Waals surface area contributed by atoms with Crippen molar-refractivity contribution in [3.8, 4) is 0 Å². The van der Waals surface area contributed by atoms with Crippen LogP contribution in [0.4, 0.5) is 5.82 Å². The third-order valence-corrected chi connectivity index (χ3v) is 2.52. The number of hydrogen-bond donors (Lipinski definition) is 0. The van der Waals surface area contributed by atoms with Crippen LogP contribution in [0.5, 0.6) is 0 Å². The van der Waals surface area contributed by atoms with Crippen molar-refractivity contribution in [1.29, 1.82) is 0 Å². The van der Waals surface area contributed by atoms with Crippen molar-refractivity contribution in [2.45, 2.75) is 0 Å². The molecule has 0 radical (unpaired) electrons. The molecule has 0 saturated carbocycles. The molecule has 0 aliphatic carbocycles. The number of hydrogen-bond acceptors (Lipinski definition) is 4. The van der Waals surface area contributed by atoms with Crippen molar-refractivity contribution in [2.75, 3.05) is 18.1 Å². The maximum Gasteiger partial charge on any atom is 0.261 e. The van der Waals surface area contributed by atoms with E-state index < -0.39 is 11.8 Å². The van der Waals surface area contributed by atoms with Gasteiger partial charge in [-0.05, 0) is 28.1 Å². The van der Waals surface area contributed by atoms with Gasteiger partial charge in [-0.25, -0.2) is 9.88 Å². The summed E-state index contributed by atoms with van der Waals surface area (Å²) in [4.78, 5) is 28.0. The summed E-state index contributed by atoms with van der Waals surface area (Å²) in [6.07, 6.45) is 1.52. The second-order valence-corrected chi connectivity index (χ2v) is 3.78. The minimum atomic E-state index is -0.398. The van der Waals surface area contributed by atoms with E-state index in [0.717, 1.165) is 4.90 Å². The Bertz CT molecular complexity index is 406. The van der Waals surface area contributed by atoms with Crippen LogP contribution in [0.3, 0.4) is 0 Å². The van der Waals surface area contributed by atoms with Gasteiger partial charge in [-0.1, -0.05) is 0 Å². The molecule has 0 aromatic carbocycles. The Kier molecular flexibility index (Phi) is 2.79. The summed E-state index contributed by atoms with van der Waals surface area (Å²) < 4.78 is 5.41. The van der Waals surface area contributed by atoms with Gasteiger partial charge in [0.15, 0.2) is 5.82 Å². The van der Waals surface area contributed by atoms with Crippen molar-refractivity contribution >= 4 is 33.6 Å². The highest BCUT2D eigenvalue weighted by molar-refractivity contribution is 9.10. The minimum absolute atomic E-state index is 0.0885. The summed E-state index contributed by atoms with van der Waals surface area (Å²) in [6, 6.07) is 3.43. The lowest BCUT2D eigenvalue weighted by molar-refractivity contribution is -0.138. The third-order valence-electron chi connectivity index (χ3n) is 1.90. The van der Waals surface area contributed by atoms with E-state index in [1.807, 2.05) is 0 Å². The number of anilines is 1. The maximum atomic E-state index is 11.5. The Balaban J connectivity index is 2.40. The molecule has 1 saturated heterocycles. The van der Waals surface area contributed by atoms with Gasteiger partial charge in [-0.3, -0.25) is 9.59 Å². The molecule has 2 amide bonds. The highest BCUT2D eigenvalue weighted by atomic mass is 79.9. The molecule has 6 heteroatoms. The fraction of sp³-hybridized carbons (Fsp3) is 0.222. The van der Waals surface area contributed by atoms with Crippen molar-refractivity contribution in [3.63, 3.8) is 0 Å². The Labute approximate surface area is 94.2 Å². The molecule has 1 fully saturated rings. The molecule has 0 N–H and O–H groups in total. The van der Waals surface area contributed by atoms with Crippen LogP contribution in [0.1, 0.15) is 0 Å². The van der Waals surface area contributed by atoms with Crippen LogP contribution >= 0.6 is 15.9 Å². The molecule has 0 atom stereocenters. The molecule has 5 nitrogen and oxygen atoms in total. The van der Waals surface area contributed by atoms with Gasteiger partial charge in [0.1, 0.15) is 13.2 Å². The highest BCUT2D eigenvalue weighted by Crippen LogP contribution is 2.24. The first-order valence-electron chi connectivity index (χ1n) is 4.24. The van der Waals surface area contributed by atoms with Crippen molar-refractivity contribution in [2.24, 2.45) is 0 Å². The fourth-order valence-corrected chi connectivity index (χ4v) is 1.70. The van der Waals surface area contributed by atoms with Gasteiger partial charge in [0.25, 0.3) is 11.8 Å². The summed E-state index contributed by atoms with van der Waals surface area (Å²) >= 11 is 3.24. The first kappa shape index (κ1) is 10.3. The van der Waals surface area contributed by atoms with Crippen LogP contribution < -0.4 is 4.90 Å². The summed E-state index contributed by atoms with van der Waals surface area (Å²) in [5.41, 5.74) is 0. The summed E-state index contributed by atoms with van der Waals surface area (Å²) in [5, 5.41) is 0. The number of imide groups is 1. The quantitative estimate of drug-likeness (QED) is 0.707. The SMILES string of the molecule is O=C1COCC(=O)N1c1ncccc1Br. The summed E-state index contributed by atoms with van der Waals surface area (Å²) in [6.45, 7) is -0.177. The van der Waals surface area contributed by atoms with Crippen LogP contribution in [0.25, 0.3) is 0 Å². The number of pyridine rings is 1. The molecule has 1 aliphatic rings. The standard InChI is InChI=1S/C9H7BrN2O3/c10-6-2-1-3-11-9(6)12-7(13)4-15-5-8(12)14/h1-3H,4-5H2.